The van der Waals surface area contributed by atoms with E-state index in [-0.39, 0.29) is 11.7 Å². The van der Waals surface area contributed by atoms with Crippen LogP contribution >= 0.6 is 0 Å². The summed E-state index contributed by atoms with van der Waals surface area (Å²) >= 11 is 0. The van der Waals surface area contributed by atoms with Gasteiger partial charge in [-0.3, -0.25) is 0 Å². The first-order valence-corrected chi connectivity index (χ1v) is 10.4. The smallest absolute Gasteiger partial charge is 0.123 e. The van der Waals surface area contributed by atoms with Gasteiger partial charge in [-0.2, -0.15) is 0 Å². The summed E-state index contributed by atoms with van der Waals surface area (Å²) in [6.45, 7) is 7.42. The van der Waals surface area contributed by atoms with E-state index >= 15 is 0 Å². The lowest BCUT2D eigenvalue weighted by Gasteiger charge is -2.37. The molecule has 3 rings (SSSR count). The third-order valence-corrected chi connectivity index (χ3v) is 6.20. The summed E-state index contributed by atoms with van der Waals surface area (Å²) < 4.78 is 13.5. The van der Waals surface area contributed by atoms with Gasteiger partial charge >= 0.3 is 0 Å². The molecule has 2 aromatic rings. The molecule has 0 fully saturated rings. The molecule has 1 aliphatic carbocycles. The summed E-state index contributed by atoms with van der Waals surface area (Å²) in [5.41, 5.74) is 2.46. The summed E-state index contributed by atoms with van der Waals surface area (Å²) in [5.74, 6) is -0.226. The Morgan fingerprint density at radius 2 is 1.78 bits per heavy atom. The Hall–Kier alpha value is -1.71. The predicted molar refractivity (Wildman–Crippen MR) is 109 cm³/mol. The number of hydrogen-bond acceptors (Lipinski definition) is 2. The molecule has 0 radical (unpaired) electrons. The fraction of sp³-hybridized carbons (Fsp3) is 0.500. The third-order valence-electron chi connectivity index (χ3n) is 6.20. The van der Waals surface area contributed by atoms with E-state index in [0.29, 0.717) is 0 Å². The van der Waals surface area contributed by atoms with Crippen LogP contribution in [-0.2, 0) is 12.0 Å². The Balaban J connectivity index is 1.94. The molecule has 1 N–H and O–H groups in total. The lowest BCUT2D eigenvalue weighted by atomic mass is 9.73. The molecule has 0 aliphatic heterocycles. The maximum absolute atomic E-state index is 13.5. The topological polar surface area (TPSA) is 23.5 Å². The van der Waals surface area contributed by atoms with E-state index in [2.05, 4.69) is 36.9 Å². The van der Waals surface area contributed by atoms with Gasteiger partial charge in [0.15, 0.2) is 0 Å². The van der Waals surface area contributed by atoms with E-state index in [1.54, 1.807) is 0 Å². The number of halogens is 1. The molecule has 1 aliphatic rings. The molecule has 0 saturated carbocycles. The van der Waals surface area contributed by atoms with Crippen LogP contribution in [0.5, 0.6) is 0 Å². The number of rotatable bonds is 7. The van der Waals surface area contributed by atoms with E-state index in [9.17, 15) is 9.50 Å². The van der Waals surface area contributed by atoms with Crippen LogP contribution in [0.15, 0.2) is 48.5 Å². The van der Waals surface area contributed by atoms with Crippen molar-refractivity contribution in [2.75, 3.05) is 19.6 Å². The Morgan fingerprint density at radius 3 is 2.48 bits per heavy atom. The zero-order chi connectivity index (χ0) is 19.3. The molecule has 0 amide bonds. The molecule has 146 valence electrons. The molecule has 27 heavy (non-hydrogen) atoms. The van der Waals surface area contributed by atoms with Gasteiger partial charge < -0.3 is 10.0 Å². The zero-order valence-electron chi connectivity index (χ0n) is 16.6. The first kappa shape index (κ1) is 20.0. The number of benzene rings is 2. The molecule has 2 aromatic carbocycles. The number of aryl methyl sites for hydroxylation is 1. The van der Waals surface area contributed by atoms with Crippen molar-refractivity contribution in [2.45, 2.75) is 57.5 Å². The normalized spacial score (nSPS) is 22.5. The second-order valence-corrected chi connectivity index (χ2v) is 7.71. The van der Waals surface area contributed by atoms with Crippen molar-refractivity contribution in [3.8, 4) is 0 Å². The van der Waals surface area contributed by atoms with Crippen molar-refractivity contribution in [1.29, 1.82) is 0 Å². The first-order valence-electron chi connectivity index (χ1n) is 10.4. The SMILES string of the molecule is CCN(CC)CCC[C@]1(O)c2ccccc2CCC[C@@H]1c1ccc(F)cc1. The van der Waals surface area contributed by atoms with Gasteiger partial charge in [0.05, 0.1) is 5.60 Å². The third kappa shape index (κ3) is 4.41. The van der Waals surface area contributed by atoms with Crippen molar-refractivity contribution in [3.63, 3.8) is 0 Å². The summed E-state index contributed by atoms with van der Waals surface area (Å²) in [7, 11) is 0. The van der Waals surface area contributed by atoms with Gasteiger partial charge in [0.1, 0.15) is 5.82 Å². The monoisotopic (exact) mass is 369 g/mol. The van der Waals surface area contributed by atoms with Gasteiger partial charge in [-0.15, -0.1) is 0 Å². The average Bonchev–Trinajstić information content (AvgIpc) is 2.83. The highest BCUT2D eigenvalue weighted by Crippen LogP contribution is 2.47. The Bertz CT molecular complexity index is 725. The van der Waals surface area contributed by atoms with Crippen LogP contribution < -0.4 is 0 Å². The van der Waals surface area contributed by atoms with E-state index in [4.69, 9.17) is 0 Å². The quantitative estimate of drug-likeness (QED) is 0.673. The second kappa shape index (κ2) is 8.99. The maximum Gasteiger partial charge on any atom is 0.123 e. The molecule has 0 aromatic heterocycles. The molecule has 0 bridgehead atoms. The van der Waals surface area contributed by atoms with Crippen LogP contribution in [0.2, 0.25) is 0 Å². The predicted octanol–water partition coefficient (Wildman–Crippen LogP) is 5.26. The van der Waals surface area contributed by atoms with Gasteiger partial charge in [-0.25, -0.2) is 4.39 Å². The first-order chi connectivity index (χ1) is 13.1. The van der Waals surface area contributed by atoms with Crippen molar-refractivity contribution in [2.24, 2.45) is 0 Å². The summed E-state index contributed by atoms with van der Waals surface area (Å²) in [4.78, 5) is 2.40. The molecule has 0 heterocycles. The molecule has 0 unspecified atom stereocenters. The summed E-state index contributed by atoms with van der Waals surface area (Å²) in [5, 5.41) is 12.0. The molecule has 0 saturated heterocycles. The minimum atomic E-state index is -0.905. The Morgan fingerprint density at radius 1 is 1.07 bits per heavy atom. The number of hydrogen-bond donors (Lipinski definition) is 1. The average molecular weight is 370 g/mol. The number of aliphatic hydroxyl groups is 1. The lowest BCUT2D eigenvalue weighted by molar-refractivity contribution is -0.00672. The Kier molecular flexibility index (Phi) is 6.67. The molecular formula is C24H32FNO. The van der Waals surface area contributed by atoms with Crippen LogP contribution in [0.3, 0.4) is 0 Å². The van der Waals surface area contributed by atoms with E-state index in [1.165, 1.54) is 17.7 Å². The van der Waals surface area contributed by atoms with E-state index in [1.807, 2.05) is 18.2 Å². The van der Waals surface area contributed by atoms with Crippen LogP contribution in [0.4, 0.5) is 4.39 Å². The zero-order valence-corrected chi connectivity index (χ0v) is 16.6. The standard InChI is InChI=1S/C24H32FNO/c1-3-26(4-2)18-8-17-24(27)22-11-6-5-9-19(22)10-7-12-23(24)20-13-15-21(25)16-14-20/h5-6,9,11,13-16,23,27H,3-4,7-8,10,12,17-18H2,1-2H3/t23-,24+/m1/s1. The highest BCUT2D eigenvalue weighted by atomic mass is 19.1. The Labute approximate surface area is 163 Å². The van der Waals surface area contributed by atoms with Crippen molar-refractivity contribution >= 4 is 0 Å². The largest absolute Gasteiger partial charge is 0.385 e. The molecule has 2 nitrogen and oxygen atoms in total. The fourth-order valence-electron chi connectivity index (χ4n) is 4.64. The van der Waals surface area contributed by atoms with Gasteiger partial charge in [0.25, 0.3) is 0 Å². The molecular weight excluding hydrogens is 337 g/mol. The van der Waals surface area contributed by atoms with Crippen molar-refractivity contribution in [1.82, 2.24) is 4.90 Å². The minimum Gasteiger partial charge on any atom is -0.385 e. The van der Waals surface area contributed by atoms with Crippen LogP contribution in [0.25, 0.3) is 0 Å². The van der Waals surface area contributed by atoms with Crippen molar-refractivity contribution < 1.29 is 9.50 Å². The van der Waals surface area contributed by atoms with Gasteiger partial charge in [0.2, 0.25) is 0 Å². The number of fused-ring (bicyclic) bond motifs is 1. The highest BCUT2D eigenvalue weighted by molar-refractivity contribution is 5.38. The second-order valence-electron chi connectivity index (χ2n) is 7.71. The highest BCUT2D eigenvalue weighted by Gasteiger charge is 2.41. The molecule has 3 heteroatoms. The lowest BCUT2D eigenvalue weighted by Crippen LogP contribution is -2.35. The van der Waals surface area contributed by atoms with Crippen LogP contribution in [-0.4, -0.2) is 29.6 Å². The van der Waals surface area contributed by atoms with E-state index < -0.39 is 5.60 Å². The molecule has 0 spiro atoms. The maximum atomic E-state index is 13.5. The minimum absolute atomic E-state index is 0.00143. The summed E-state index contributed by atoms with van der Waals surface area (Å²) in [6, 6.07) is 15.1. The summed E-state index contributed by atoms with van der Waals surface area (Å²) in [6.07, 6.45) is 4.62. The number of nitrogens with zero attached hydrogens (tertiary/aromatic N) is 1. The van der Waals surface area contributed by atoms with Crippen LogP contribution in [0.1, 0.15) is 62.1 Å². The fourth-order valence-corrected chi connectivity index (χ4v) is 4.64. The van der Waals surface area contributed by atoms with Gasteiger partial charge in [-0.05, 0) is 80.6 Å². The van der Waals surface area contributed by atoms with Crippen LogP contribution in [0, 0.1) is 5.82 Å². The van der Waals surface area contributed by atoms with Gasteiger partial charge in [-0.1, -0.05) is 50.2 Å². The molecule has 2 atom stereocenters. The van der Waals surface area contributed by atoms with E-state index in [0.717, 1.165) is 62.9 Å². The van der Waals surface area contributed by atoms with Gasteiger partial charge in [0, 0.05) is 5.92 Å². The van der Waals surface area contributed by atoms with Crippen molar-refractivity contribution in [3.05, 3.63) is 71.0 Å².